The van der Waals surface area contributed by atoms with E-state index in [1.54, 1.807) is 42.5 Å². The average Bonchev–Trinajstić information content (AvgIpc) is 3.17. The molecule has 0 saturated carbocycles. The second-order valence-electron chi connectivity index (χ2n) is 8.05. The number of nitrogens with two attached hydrogens (primary N) is 1. The highest BCUT2D eigenvalue weighted by Gasteiger charge is 2.29. The summed E-state index contributed by atoms with van der Waals surface area (Å²) >= 11 is 0. The summed E-state index contributed by atoms with van der Waals surface area (Å²) < 4.78 is 7.33. The lowest BCUT2D eigenvalue weighted by Gasteiger charge is -2.10. The van der Waals surface area contributed by atoms with Crippen molar-refractivity contribution in [3.63, 3.8) is 0 Å². The summed E-state index contributed by atoms with van der Waals surface area (Å²) in [6.07, 6.45) is 1.18. The largest absolute Gasteiger partial charge is 0.457 e. The van der Waals surface area contributed by atoms with E-state index in [1.807, 2.05) is 30.3 Å². The topological polar surface area (TPSA) is 128 Å². The van der Waals surface area contributed by atoms with Crippen molar-refractivity contribution in [1.82, 2.24) is 9.78 Å². The molecular weight excluding hydrogens is 458 g/mol. The first-order chi connectivity index (χ1) is 17.4. The van der Waals surface area contributed by atoms with Crippen molar-refractivity contribution in [2.24, 2.45) is 5.73 Å². The first-order valence-electron chi connectivity index (χ1n) is 11.1. The molecule has 0 saturated heterocycles. The van der Waals surface area contributed by atoms with E-state index in [-0.39, 0.29) is 29.6 Å². The predicted octanol–water partition coefficient (Wildman–Crippen LogP) is 4.05. The molecule has 4 aromatic rings. The van der Waals surface area contributed by atoms with Gasteiger partial charge in [0.05, 0.1) is 12.1 Å². The van der Waals surface area contributed by atoms with Crippen LogP contribution in [0.3, 0.4) is 0 Å². The van der Waals surface area contributed by atoms with E-state index in [4.69, 9.17) is 10.5 Å². The number of ether oxygens (including phenoxy) is 1. The first kappa shape index (κ1) is 22.6. The van der Waals surface area contributed by atoms with Gasteiger partial charge in [-0.15, -0.1) is 0 Å². The van der Waals surface area contributed by atoms with Gasteiger partial charge in [0.2, 0.25) is 11.8 Å². The molecular formula is C27H21N5O4. The van der Waals surface area contributed by atoms with E-state index >= 15 is 0 Å². The third kappa shape index (κ3) is 4.32. The lowest BCUT2D eigenvalue weighted by Crippen LogP contribution is -2.18. The van der Waals surface area contributed by atoms with E-state index in [0.29, 0.717) is 39.7 Å². The van der Waals surface area contributed by atoms with Gasteiger partial charge < -0.3 is 21.1 Å². The predicted molar refractivity (Wildman–Crippen MR) is 135 cm³/mol. The quantitative estimate of drug-likeness (QED) is 0.360. The van der Waals surface area contributed by atoms with Crippen LogP contribution in [0.5, 0.6) is 11.5 Å². The molecule has 9 heteroatoms. The number of benzene rings is 3. The number of fused-ring (bicyclic) bond motifs is 3. The number of primary amides is 1. The van der Waals surface area contributed by atoms with Gasteiger partial charge in [-0.3, -0.25) is 14.4 Å². The number of nitrogens with zero attached hydrogens (tertiary/aromatic N) is 2. The van der Waals surface area contributed by atoms with Crippen molar-refractivity contribution in [3.8, 4) is 28.4 Å². The van der Waals surface area contributed by atoms with Crippen LogP contribution in [0, 0.1) is 0 Å². The van der Waals surface area contributed by atoms with Crippen LogP contribution in [-0.4, -0.2) is 27.5 Å². The minimum atomic E-state index is -0.727. The molecule has 3 amide bonds. The fourth-order valence-electron chi connectivity index (χ4n) is 4.00. The van der Waals surface area contributed by atoms with E-state index < -0.39 is 5.91 Å². The highest BCUT2D eigenvalue weighted by atomic mass is 16.5. The molecule has 0 radical (unpaired) electrons. The molecule has 0 fully saturated rings. The normalized spacial score (nSPS) is 11.9. The lowest BCUT2D eigenvalue weighted by molar-refractivity contribution is -0.115. The summed E-state index contributed by atoms with van der Waals surface area (Å²) in [5, 5.41) is 10.1. The molecule has 3 aromatic carbocycles. The zero-order chi connectivity index (χ0) is 25.2. The Morgan fingerprint density at radius 3 is 2.47 bits per heavy atom. The number of hydrogen-bond acceptors (Lipinski definition) is 5. The fraction of sp³-hybridized carbons (Fsp3) is 0.0370. The van der Waals surface area contributed by atoms with Crippen LogP contribution in [0.4, 0.5) is 11.5 Å². The summed E-state index contributed by atoms with van der Waals surface area (Å²) in [6, 6.07) is 21.5. The third-order valence-corrected chi connectivity index (χ3v) is 5.61. The number of carbonyl (C=O) groups excluding carboxylic acids is 3. The monoisotopic (exact) mass is 479 g/mol. The van der Waals surface area contributed by atoms with Crippen LogP contribution in [0.25, 0.3) is 16.9 Å². The van der Waals surface area contributed by atoms with Gasteiger partial charge in [-0.2, -0.15) is 5.10 Å². The Morgan fingerprint density at radius 1 is 1.06 bits per heavy atom. The number of amides is 3. The first-order valence-corrected chi connectivity index (χ1v) is 11.1. The van der Waals surface area contributed by atoms with Crippen molar-refractivity contribution in [3.05, 3.63) is 96.6 Å². The Morgan fingerprint density at radius 2 is 1.78 bits per heavy atom. The number of para-hydroxylation sites is 1. The highest BCUT2D eigenvalue weighted by Crippen LogP contribution is 2.35. The summed E-state index contributed by atoms with van der Waals surface area (Å²) in [4.78, 5) is 36.9. The summed E-state index contributed by atoms with van der Waals surface area (Å²) in [7, 11) is 0. The SMILES string of the molecule is C=CC(=O)Nc1ccc2c(c1)CC(=O)Nc1c(C(N)=O)c(-c3ccc(Oc4ccccc4)cc3)nn1-2. The molecule has 36 heavy (non-hydrogen) atoms. The number of aromatic nitrogens is 2. The van der Waals surface area contributed by atoms with E-state index in [0.717, 1.165) is 6.08 Å². The average molecular weight is 479 g/mol. The summed E-state index contributed by atoms with van der Waals surface area (Å²) in [5.41, 5.74) is 8.48. The smallest absolute Gasteiger partial charge is 0.254 e. The van der Waals surface area contributed by atoms with Crippen LogP contribution in [0.15, 0.2) is 85.5 Å². The number of nitrogens with one attached hydrogen (secondary N) is 2. The Balaban J connectivity index is 1.56. The van der Waals surface area contributed by atoms with E-state index in [2.05, 4.69) is 22.3 Å². The molecule has 5 rings (SSSR count). The van der Waals surface area contributed by atoms with Crippen molar-refractivity contribution >= 4 is 29.2 Å². The van der Waals surface area contributed by atoms with E-state index in [9.17, 15) is 14.4 Å². The highest BCUT2D eigenvalue weighted by molar-refractivity contribution is 6.08. The molecule has 0 bridgehead atoms. The van der Waals surface area contributed by atoms with Crippen LogP contribution in [0.2, 0.25) is 0 Å². The second-order valence-corrected chi connectivity index (χ2v) is 8.05. The Hall–Kier alpha value is -5.18. The molecule has 0 spiro atoms. The minimum absolute atomic E-state index is 0.0234. The molecule has 0 unspecified atom stereocenters. The molecule has 1 aromatic heterocycles. The van der Waals surface area contributed by atoms with Crippen molar-refractivity contribution in [1.29, 1.82) is 0 Å². The number of rotatable bonds is 6. The van der Waals surface area contributed by atoms with Gasteiger partial charge in [0.1, 0.15) is 28.6 Å². The number of hydrogen-bond donors (Lipinski definition) is 3. The van der Waals surface area contributed by atoms with Crippen LogP contribution < -0.4 is 21.1 Å². The van der Waals surface area contributed by atoms with Gasteiger partial charge in [-0.25, -0.2) is 4.68 Å². The number of anilines is 2. The summed E-state index contributed by atoms with van der Waals surface area (Å²) in [5.74, 6) is 0.0515. The van der Waals surface area contributed by atoms with Crippen LogP contribution >= 0.6 is 0 Å². The van der Waals surface area contributed by atoms with Crippen LogP contribution in [-0.2, 0) is 16.0 Å². The van der Waals surface area contributed by atoms with Gasteiger partial charge in [-0.05, 0) is 66.2 Å². The minimum Gasteiger partial charge on any atom is -0.457 e. The molecule has 1 aliphatic rings. The molecule has 178 valence electrons. The Labute approximate surface area is 206 Å². The van der Waals surface area contributed by atoms with Gasteiger partial charge >= 0.3 is 0 Å². The van der Waals surface area contributed by atoms with Crippen molar-refractivity contribution in [2.75, 3.05) is 10.6 Å². The van der Waals surface area contributed by atoms with Gasteiger partial charge in [0.25, 0.3) is 5.91 Å². The molecule has 0 atom stereocenters. The zero-order valence-corrected chi connectivity index (χ0v) is 19.0. The Bertz CT molecular complexity index is 1510. The third-order valence-electron chi connectivity index (χ3n) is 5.61. The van der Waals surface area contributed by atoms with Gasteiger partial charge in [-0.1, -0.05) is 24.8 Å². The maximum atomic E-state index is 12.7. The zero-order valence-electron chi connectivity index (χ0n) is 19.0. The maximum Gasteiger partial charge on any atom is 0.254 e. The fourth-order valence-corrected chi connectivity index (χ4v) is 4.00. The second kappa shape index (κ2) is 9.22. The molecule has 1 aliphatic heterocycles. The summed E-state index contributed by atoms with van der Waals surface area (Å²) in [6.45, 7) is 3.44. The molecule has 4 N–H and O–H groups in total. The molecule has 9 nitrogen and oxygen atoms in total. The van der Waals surface area contributed by atoms with Gasteiger partial charge in [0, 0.05) is 11.3 Å². The van der Waals surface area contributed by atoms with Crippen molar-refractivity contribution < 1.29 is 19.1 Å². The lowest BCUT2D eigenvalue weighted by atomic mass is 10.1. The van der Waals surface area contributed by atoms with Crippen LogP contribution in [0.1, 0.15) is 15.9 Å². The standard InChI is InChI=1S/C27H21N5O4/c1-2-22(33)29-18-10-13-21-17(14-18)15-23(34)30-27-24(26(28)35)25(31-32(21)27)16-8-11-20(12-9-16)36-19-6-4-3-5-7-19/h2-14H,1,15H2,(H2,28,35)(H,29,33)(H,30,34). The number of carbonyl (C=O) groups is 3. The molecule has 2 heterocycles. The van der Waals surface area contributed by atoms with Gasteiger partial charge in [0.15, 0.2) is 0 Å². The molecule has 0 aliphatic carbocycles. The maximum absolute atomic E-state index is 12.7. The van der Waals surface area contributed by atoms with E-state index in [1.165, 1.54) is 4.68 Å². The van der Waals surface area contributed by atoms with Crippen molar-refractivity contribution in [2.45, 2.75) is 6.42 Å². The Kier molecular flexibility index (Phi) is 5.79.